The van der Waals surface area contributed by atoms with Gasteiger partial charge in [0.25, 0.3) is 0 Å². The number of hydrogen-bond acceptors (Lipinski definition) is 3. The fourth-order valence-corrected chi connectivity index (χ4v) is 3.05. The van der Waals surface area contributed by atoms with Crippen LogP contribution in [0.2, 0.25) is 0 Å². The van der Waals surface area contributed by atoms with Gasteiger partial charge in [-0.1, -0.05) is 13.8 Å². The first-order valence-electron chi connectivity index (χ1n) is 6.34. The first-order valence-corrected chi connectivity index (χ1v) is 6.34. The van der Waals surface area contributed by atoms with Gasteiger partial charge < -0.3 is 0 Å². The van der Waals surface area contributed by atoms with Gasteiger partial charge in [-0.25, -0.2) is 0 Å². The number of benzene rings is 1. The van der Waals surface area contributed by atoms with Gasteiger partial charge in [-0.15, -0.1) is 0 Å². The van der Waals surface area contributed by atoms with E-state index in [0.29, 0.717) is 11.3 Å². The molecule has 1 aromatic carbocycles. The third-order valence-corrected chi connectivity index (χ3v) is 4.33. The molecule has 2 fully saturated rings. The van der Waals surface area contributed by atoms with Crippen molar-refractivity contribution in [2.45, 2.75) is 20.8 Å². The molecule has 2 aliphatic rings. The highest BCUT2D eigenvalue weighted by atomic mass is 16.2. The molecular weight excluding hydrogens is 242 g/mol. The number of anilines is 1. The summed E-state index contributed by atoms with van der Waals surface area (Å²) in [5.41, 5.74) is 0.945. The largest absolute Gasteiger partial charge is 0.295 e. The Hall–Kier alpha value is -1.97. The summed E-state index contributed by atoms with van der Waals surface area (Å²) in [6.45, 7) is 5.39. The van der Waals surface area contributed by atoms with Crippen LogP contribution >= 0.6 is 0 Å². The van der Waals surface area contributed by atoms with Crippen molar-refractivity contribution >= 4 is 23.3 Å². The summed E-state index contributed by atoms with van der Waals surface area (Å²) in [5.74, 6) is -0.610. The molecule has 4 nitrogen and oxygen atoms in total. The van der Waals surface area contributed by atoms with Gasteiger partial charge in [0.2, 0.25) is 11.8 Å². The van der Waals surface area contributed by atoms with E-state index in [1.807, 2.05) is 13.8 Å². The average molecular weight is 257 g/mol. The molecule has 98 valence electrons. The van der Waals surface area contributed by atoms with Crippen molar-refractivity contribution in [1.29, 1.82) is 0 Å². The topological polar surface area (TPSA) is 54.5 Å². The van der Waals surface area contributed by atoms with Crippen LogP contribution < -0.4 is 4.90 Å². The quantitative estimate of drug-likeness (QED) is 0.601. The number of ketones is 1. The molecule has 1 aliphatic carbocycles. The molecule has 0 bridgehead atoms. The van der Waals surface area contributed by atoms with Crippen LogP contribution in [0.25, 0.3) is 0 Å². The van der Waals surface area contributed by atoms with E-state index in [4.69, 9.17) is 0 Å². The number of carbonyl (C=O) groups is 3. The molecule has 1 saturated carbocycles. The molecule has 2 atom stereocenters. The number of imide groups is 1. The first kappa shape index (κ1) is 12.1. The Morgan fingerprint density at radius 2 is 1.53 bits per heavy atom. The molecule has 1 saturated heterocycles. The highest BCUT2D eigenvalue weighted by Crippen LogP contribution is 2.63. The van der Waals surface area contributed by atoms with Crippen molar-refractivity contribution in [3.63, 3.8) is 0 Å². The van der Waals surface area contributed by atoms with Crippen LogP contribution in [0, 0.1) is 17.3 Å². The minimum atomic E-state index is -0.190. The van der Waals surface area contributed by atoms with Crippen LogP contribution in [0.1, 0.15) is 31.1 Å². The summed E-state index contributed by atoms with van der Waals surface area (Å²) in [7, 11) is 0. The lowest BCUT2D eigenvalue weighted by Gasteiger charge is -2.20. The van der Waals surface area contributed by atoms with Gasteiger partial charge in [0.05, 0.1) is 17.5 Å². The zero-order valence-corrected chi connectivity index (χ0v) is 11.1. The SMILES string of the molecule is CC(=O)c1ccc(N2C(=O)[C@H]3[C@H](C2=O)C3(C)C)cc1. The minimum Gasteiger partial charge on any atom is -0.295 e. The maximum Gasteiger partial charge on any atom is 0.238 e. The zero-order chi connectivity index (χ0) is 13.9. The Morgan fingerprint density at radius 1 is 1.05 bits per heavy atom. The summed E-state index contributed by atoms with van der Waals surface area (Å²) < 4.78 is 0. The lowest BCUT2D eigenvalue weighted by Crippen LogP contribution is -2.36. The fraction of sp³-hybridized carbons (Fsp3) is 0.400. The Bertz CT molecular complexity index is 576. The molecule has 2 amide bonds. The summed E-state index contributed by atoms with van der Waals surface area (Å²) in [5, 5.41) is 0. The Kier molecular flexibility index (Phi) is 2.24. The van der Waals surface area contributed by atoms with E-state index in [1.165, 1.54) is 11.8 Å². The second-order valence-electron chi connectivity index (χ2n) is 5.89. The van der Waals surface area contributed by atoms with Gasteiger partial charge >= 0.3 is 0 Å². The molecule has 3 rings (SSSR count). The summed E-state index contributed by atoms with van der Waals surface area (Å²) in [6, 6.07) is 6.61. The minimum absolute atomic E-state index is 0.0328. The number of rotatable bonds is 2. The van der Waals surface area contributed by atoms with Crippen molar-refractivity contribution in [2.75, 3.05) is 4.90 Å². The lowest BCUT2D eigenvalue weighted by molar-refractivity contribution is -0.125. The van der Waals surface area contributed by atoms with Gasteiger partial charge in [0, 0.05) is 5.56 Å². The number of carbonyl (C=O) groups excluding carboxylic acids is 3. The standard InChI is InChI=1S/C15H15NO3/c1-8(17)9-4-6-10(7-5-9)16-13(18)11-12(14(16)19)15(11,2)3/h4-7,11-12H,1-3H3/t11-,12-/m1/s1. The second kappa shape index (κ2) is 3.53. The molecule has 1 aromatic rings. The van der Waals surface area contributed by atoms with Gasteiger partial charge in [0.1, 0.15) is 0 Å². The van der Waals surface area contributed by atoms with E-state index in [0.717, 1.165) is 0 Å². The number of amides is 2. The van der Waals surface area contributed by atoms with Gasteiger partial charge in [0.15, 0.2) is 5.78 Å². The first-order chi connectivity index (χ1) is 8.85. The molecule has 0 N–H and O–H groups in total. The normalized spacial score (nSPS) is 27.4. The summed E-state index contributed by atoms with van der Waals surface area (Å²) in [6.07, 6.45) is 0. The Morgan fingerprint density at radius 3 is 1.95 bits per heavy atom. The van der Waals surface area contributed by atoms with E-state index >= 15 is 0 Å². The predicted octanol–water partition coefficient (Wildman–Crippen LogP) is 2.03. The molecule has 4 heteroatoms. The number of Topliss-reactive ketones (excluding diaryl/α,β-unsaturated/α-hetero) is 1. The predicted molar refractivity (Wildman–Crippen MR) is 69.7 cm³/mol. The van der Waals surface area contributed by atoms with Crippen molar-refractivity contribution in [2.24, 2.45) is 17.3 Å². The van der Waals surface area contributed by atoms with Crippen molar-refractivity contribution in [3.8, 4) is 0 Å². The van der Waals surface area contributed by atoms with E-state index in [2.05, 4.69) is 0 Å². The molecule has 0 radical (unpaired) electrons. The molecule has 1 aliphatic heterocycles. The fourth-order valence-electron chi connectivity index (χ4n) is 3.05. The van der Waals surface area contributed by atoms with E-state index in [-0.39, 0.29) is 34.8 Å². The van der Waals surface area contributed by atoms with Crippen LogP contribution in [-0.4, -0.2) is 17.6 Å². The Labute approximate surface area is 111 Å². The molecular formula is C15H15NO3. The molecule has 0 aromatic heterocycles. The van der Waals surface area contributed by atoms with E-state index < -0.39 is 0 Å². The van der Waals surface area contributed by atoms with Crippen LogP contribution in [-0.2, 0) is 9.59 Å². The summed E-state index contributed by atoms with van der Waals surface area (Å²) in [4.78, 5) is 36.9. The highest BCUT2D eigenvalue weighted by Gasteiger charge is 2.72. The van der Waals surface area contributed by atoms with Gasteiger partial charge in [-0.2, -0.15) is 0 Å². The molecule has 0 spiro atoms. The van der Waals surface area contributed by atoms with Gasteiger partial charge in [-0.3, -0.25) is 19.3 Å². The Balaban J connectivity index is 1.91. The van der Waals surface area contributed by atoms with Crippen molar-refractivity contribution in [1.82, 2.24) is 0 Å². The number of nitrogens with zero attached hydrogens (tertiary/aromatic N) is 1. The second-order valence-corrected chi connectivity index (χ2v) is 5.89. The van der Waals surface area contributed by atoms with Crippen molar-refractivity contribution < 1.29 is 14.4 Å². The molecule has 0 unspecified atom stereocenters. The monoisotopic (exact) mass is 257 g/mol. The van der Waals surface area contributed by atoms with Crippen molar-refractivity contribution in [3.05, 3.63) is 29.8 Å². The van der Waals surface area contributed by atoms with Crippen LogP contribution in [0.15, 0.2) is 24.3 Å². The van der Waals surface area contributed by atoms with E-state index in [9.17, 15) is 14.4 Å². The highest BCUT2D eigenvalue weighted by molar-refractivity contribution is 6.25. The lowest BCUT2D eigenvalue weighted by atomic mass is 10.0. The third kappa shape index (κ3) is 1.49. The third-order valence-electron chi connectivity index (χ3n) is 4.33. The summed E-state index contributed by atoms with van der Waals surface area (Å²) >= 11 is 0. The average Bonchev–Trinajstić information content (AvgIpc) is 2.80. The zero-order valence-electron chi connectivity index (χ0n) is 11.1. The maximum atomic E-state index is 12.2. The number of fused-ring (bicyclic) bond motifs is 1. The number of hydrogen-bond donors (Lipinski definition) is 0. The molecule has 1 heterocycles. The van der Waals surface area contributed by atoms with E-state index in [1.54, 1.807) is 24.3 Å². The van der Waals surface area contributed by atoms with Crippen LogP contribution in [0.5, 0.6) is 0 Å². The van der Waals surface area contributed by atoms with Crippen LogP contribution in [0.3, 0.4) is 0 Å². The number of piperidine rings is 1. The van der Waals surface area contributed by atoms with Gasteiger partial charge in [-0.05, 0) is 36.6 Å². The molecule has 19 heavy (non-hydrogen) atoms. The maximum absolute atomic E-state index is 12.2. The van der Waals surface area contributed by atoms with Crippen LogP contribution in [0.4, 0.5) is 5.69 Å². The smallest absolute Gasteiger partial charge is 0.238 e.